The Morgan fingerprint density at radius 3 is 2.67 bits per heavy atom. The van der Waals surface area contributed by atoms with E-state index in [0.29, 0.717) is 22.9 Å². The minimum Gasteiger partial charge on any atom is -0.358 e. The van der Waals surface area contributed by atoms with Gasteiger partial charge >= 0.3 is 0 Å². The topological polar surface area (TPSA) is 113 Å². The van der Waals surface area contributed by atoms with E-state index in [2.05, 4.69) is 35.5 Å². The zero-order valence-corrected chi connectivity index (χ0v) is 15.4. The van der Waals surface area contributed by atoms with E-state index >= 15 is 0 Å². The normalized spacial score (nSPS) is 17.0. The van der Waals surface area contributed by atoms with Gasteiger partial charge in [-0.25, -0.2) is 19.9 Å². The quantitative estimate of drug-likeness (QED) is 0.715. The van der Waals surface area contributed by atoms with E-state index in [9.17, 15) is 4.79 Å². The molecule has 0 saturated heterocycles. The number of hydrogen-bond donors (Lipinski definition) is 2. The number of fused-ring (bicyclic) bond motifs is 1. The molecule has 1 amide bonds. The molecule has 138 valence electrons. The summed E-state index contributed by atoms with van der Waals surface area (Å²) in [7, 11) is 0. The first-order valence-electron chi connectivity index (χ1n) is 9.41. The number of aromatic amines is 1. The van der Waals surface area contributed by atoms with Crippen LogP contribution in [-0.2, 0) is 4.79 Å². The Morgan fingerprint density at radius 2 is 2.00 bits per heavy atom. The number of pyridine rings is 1. The standard InChI is InChI=1S/C18H20N8O/c1-10-11(5-6-12(23-10)15-21-9-22-25-15)13-7-19-16-17(24-13)26(18(2,3)4)14(27)8-20-16/h5-7,9H,8H2,1-4H3,(H,19,20)(H,21,22,25)/i8D2. The van der Waals surface area contributed by atoms with Crippen molar-refractivity contribution in [2.75, 3.05) is 16.7 Å². The van der Waals surface area contributed by atoms with Crippen LogP contribution in [0.15, 0.2) is 24.7 Å². The number of aryl methyl sites for hydroxylation is 1. The van der Waals surface area contributed by atoms with Gasteiger partial charge in [0.25, 0.3) is 0 Å². The molecule has 1 aliphatic rings. The van der Waals surface area contributed by atoms with Crippen LogP contribution in [-0.4, -0.2) is 48.1 Å². The second-order valence-corrected chi connectivity index (χ2v) is 7.15. The van der Waals surface area contributed by atoms with Crippen molar-refractivity contribution in [1.29, 1.82) is 0 Å². The molecule has 3 aromatic heterocycles. The van der Waals surface area contributed by atoms with Crippen molar-refractivity contribution in [3.8, 4) is 22.8 Å². The zero-order valence-electron chi connectivity index (χ0n) is 17.4. The van der Waals surface area contributed by atoms with Crippen molar-refractivity contribution in [2.24, 2.45) is 0 Å². The first-order chi connectivity index (χ1) is 13.6. The van der Waals surface area contributed by atoms with Crippen molar-refractivity contribution in [1.82, 2.24) is 30.1 Å². The first kappa shape index (κ1) is 14.8. The van der Waals surface area contributed by atoms with Gasteiger partial charge in [0.05, 0.1) is 21.1 Å². The molecule has 0 unspecified atom stereocenters. The fourth-order valence-corrected chi connectivity index (χ4v) is 2.93. The van der Waals surface area contributed by atoms with Gasteiger partial charge in [-0.2, -0.15) is 5.10 Å². The van der Waals surface area contributed by atoms with Gasteiger partial charge in [-0.15, -0.1) is 0 Å². The molecule has 0 saturated carbocycles. The maximum atomic E-state index is 12.7. The van der Waals surface area contributed by atoms with Crippen molar-refractivity contribution in [2.45, 2.75) is 33.2 Å². The highest BCUT2D eigenvalue weighted by molar-refractivity contribution is 6.02. The van der Waals surface area contributed by atoms with Crippen LogP contribution in [0, 0.1) is 6.92 Å². The fourth-order valence-electron chi connectivity index (χ4n) is 2.93. The molecule has 3 aromatic rings. The predicted octanol–water partition coefficient (Wildman–Crippen LogP) is 2.19. The van der Waals surface area contributed by atoms with Crippen LogP contribution >= 0.6 is 0 Å². The maximum absolute atomic E-state index is 12.7. The average Bonchev–Trinajstić information content (AvgIpc) is 3.16. The number of rotatable bonds is 2. The molecule has 27 heavy (non-hydrogen) atoms. The van der Waals surface area contributed by atoms with Gasteiger partial charge in [-0.3, -0.25) is 14.8 Å². The SMILES string of the molecule is [2H]C1([2H])Nc2ncc(-c3ccc(-c4ncn[nH]4)nc3C)nc2N(C(C)(C)C)C1=O. The summed E-state index contributed by atoms with van der Waals surface area (Å²) in [6.07, 6.45) is 2.95. The van der Waals surface area contributed by atoms with Gasteiger partial charge in [0.1, 0.15) is 12.0 Å². The number of nitrogens with zero attached hydrogens (tertiary/aromatic N) is 6. The van der Waals surface area contributed by atoms with E-state index in [1.165, 1.54) is 17.4 Å². The molecule has 0 atom stereocenters. The van der Waals surface area contributed by atoms with Gasteiger partial charge in [-0.1, -0.05) is 0 Å². The van der Waals surface area contributed by atoms with Crippen molar-refractivity contribution in [3.63, 3.8) is 0 Å². The van der Waals surface area contributed by atoms with Crippen LogP contribution in [0.3, 0.4) is 0 Å². The number of amides is 1. The minimum absolute atomic E-state index is 0.220. The Kier molecular flexibility index (Phi) is 3.35. The van der Waals surface area contributed by atoms with Gasteiger partial charge in [0.2, 0.25) is 5.91 Å². The molecule has 0 radical (unpaired) electrons. The molecule has 9 heteroatoms. The summed E-state index contributed by atoms with van der Waals surface area (Å²) in [4.78, 5) is 31.7. The highest BCUT2D eigenvalue weighted by Gasteiger charge is 2.35. The Labute approximate surface area is 159 Å². The molecular weight excluding hydrogens is 344 g/mol. The Bertz CT molecular complexity index is 1090. The monoisotopic (exact) mass is 366 g/mol. The molecule has 0 bridgehead atoms. The Morgan fingerprint density at radius 1 is 1.19 bits per heavy atom. The highest BCUT2D eigenvalue weighted by atomic mass is 16.2. The number of aromatic nitrogens is 6. The van der Waals surface area contributed by atoms with Crippen molar-refractivity contribution in [3.05, 3.63) is 30.4 Å². The van der Waals surface area contributed by atoms with E-state index in [1.54, 1.807) is 6.07 Å². The second-order valence-electron chi connectivity index (χ2n) is 7.15. The van der Waals surface area contributed by atoms with E-state index in [4.69, 9.17) is 2.74 Å². The number of carbonyl (C=O) groups is 1. The number of nitrogens with one attached hydrogen (secondary N) is 2. The fraction of sp³-hybridized carbons (Fsp3) is 0.333. The van der Waals surface area contributed by atoms with Crippen LogP contribution in [0.4, 0.5) is 11.6 Å². The van der Waals surface area contributed by atoms with Crippen LogP contribution < -0.4 is 10.2 Å². The molecular formula is C18H20N8O. The predicted molar refractivity (Wildman–Crippen MR) is 101 cm³/mol. The highest BCUT2D eigenvalue weighted by Crippen LogP contribution is 2.33. The number of H-pyrrole nitrogens is 1. The van der Waals surface area contributed by atoms with Gasteiger partial charge < -0.3 is 5.32 Å². The minimum atomic E-state index is -2.26. The molecule has 1 aliphatic heterocycles. The van der Waals surface area contributed by atoms with Crippen LogP contribution in [0.2, 0.25) is 0 Å². The third-order valence-electron chi connectivity index (χ3n) is 4.15. The number of hydrogen-bond acceptors (Lipinski definition) is 7. The molecule has 4 heterocycles. The lowest BCUT2D eigenvalue weighted by Crippen LogP contribution is -2.51. The lowest BCUT2D eigenvalue weighted by atomic mass is 10.0. The third kappa shape index (κ3) is 3.01. The summed E-state index contributed by atoms with van der Waals surface area (Å²) in [6.45, 7) is 5.06. The number of carbonyl (C=O) groups excluding carboxylic acids is 1. The lowest BCUT2D eigenvalue weighted by Gasteiger charge is -2.38. The summed E-state index contributed by atoms with van der Waals surface area (Å²) >= 11 is 0. The van der Waals surface area contributed by atoms with Crippen molar-refractivity contribution >= 4 is 17.5 Å². The van der Waals surface area contributed by atoms with Crippen LogP contribution in [0.1, 0.15) is 29.2 Å². The van der Waals surface area contributed by atoms with E-state index in [1.807, 2.05) is 33.8 Å². The Hall–Kier alpha value is -3.36. The zero-order chi connectivity index (χ0) is 21.0. The summed E-state index contributed by atoms with van der Waals surface area (Å²) in [6, 6.07) is 3.66. The summed E-state index contributed by atoms with van der Waals surface area (Å²) in [5.41, 5.74) is 1.96. The smallest absolute Gasteiger partial charge is 0.248 e. The average molecular weight is 366 g/mol. The summed E-state index contributed by atoms with van der Waals surface area (Å²) in [5.74, 6) is 0.359. The van der Waals surface area contributed by atoms with Crippen molar-refractivity contribution < 1.29 is 7.54 Å². The van der Waals surface area contributed by atoms with Gasteiger partial charge in [0.15, 0.2) is 17.5 Å². The summed E-state index contributed by atoms with van der Waals surface area (Å²) < 4.78 is 16.0. The van der Waals surface area contributed by atoms with E-state index < -0.39 is 17.9 Å². The lowest BCUT2D eigenvalue weighted by molar-refractivity contribution is -0.118. The number of anilines is 2. The summed E-state index contributed by atoms with van der Waals surface area (Å²) in [5, 5.41) is 9.15. The van der Waals surface area contributed by atoms with Gasteiger partial charge in [-0.05, 0) is 39.8 Å². The third-order valence-corrected chi connectivity index (χ3v) is 4.15. The van der Waals surface area contributed by atoms with Crippen LogP contribution in [0.5, 0.6) is 0 Å². The van der Waals surface area contributed by atoms with Crippen LogP contribution in [0.25, 0.3) is 22.8 Å². The first-order valence-corrected chi connectivity index (χ1v) is 8.41. The maximum Gasteiger partial charge on any atom is 0.248 e. The van der Waals surface area contributed by atoms with Gasteiger partial charge in [0, 0.05) is 16.8 Å². The van der Waals surface area contributed by atoms with E-state index in [0.717, 1.165) is 5.56 Å². The molecule has 2 N–H and O–H groups in total. The molecule has 0 fully saturated rings. The Balaban J connectivity index is 1.81. The second kappa shape index (κ2) is 6.11. The largest absolute Gasteiger partial charge is 0.358 e. The van der Waals surface area contributed by atoms with E-state index in [-0.39, 0.29) is 11.6 Å². The molecule has 0 aromatic carbocycles. The molecule has 0 spiro atoms. The molecule has 4 rings (SSSR count). The molecule has 9 nitrogen and oxygen atoms in total. The molecule has 0 aliphatic carbocycles.